The number of hydrogen-bond acceptors (Lipinski definition) is 5. The Hall–Kier alpha value is -3.46. The fraction of sp³-hybridized carbons (Fsp3) is 0.136. The summed E-state index contributed by atoms with van der Waals surface area (Å²) in [4.78, 5) is 20.4. The second-order valence-corrected chi connectivity index (χ2v) is 8.36. The lowest BCUT2D eigenvalue weighted by molar-refractivity contribution is -0.105. The number of nitrogens with one attached hydrogen (secondary N) is 1. The summed E-state index contributed by atoms with van der Waals surface area (Å²) in [6, 6.07) is 11.9. The van der Waals surface area contributed by atoms with Crippen LogP contribution in [0.15, 0.2) is 58.4 Å². The molecule has 1 amide bonds. The summed E-state index contributed by atoms with van der Waals surface area (Å²) in [5.74, 6) is -2.49. The number of carbonyl (C=O) groups excluding carboxylic acids is 1. The van der Waals surface area contributed by atoms with Crippen molar-refractivity contribution >= 4 is 35.5 Å². The topological polar surface area (TPSA) is 101 Å². The first-order chi connectivity index (χ1) is 14.8. The number of pyridine rings is 1. The van der Waals surface area contributed by atoms with Crippen LogP contribution in [0.5, 0.6) is 5.75 Å². The molecule has 31 heavy (non-hydrogen) atoms. The van der Waals surface area contributed by atoms with E-state index in [2.05, 4.69) is 15.3 Å². The molecular weight excluding hydrogens is 422 g/mol. The number of benzene rings is 2. The third-order valence-corrected chi connectivity index (χ3v) is 5.22. The lowest BCUT2D eigenvalue weighted by Crippen LogP contribution is -2.18. The van der Waals surface area contributed by atoms with E-state index in [0.717, 1.165) is 17.0 Å². The molecule has 1 aromatic heterocycles. The van der Waals surface area contributed by atoms with Crippen LogP contribution in [-0.4, -0.2) is 27.6 Å². The summed E-state index contributed by atoms with van der Waals surface area (Å²) in [5, 5.41) is 12.6. The molecule has 0 bridgehead atoms. The first-order valence-electron chi connectivity index (χ1n) is 9.30. The van der Waals surface area contributed by atoms with Crippen LogP contribution < -0.4 is 11.1 Å². The molecule has 1 heterocycles. The van der Waals surface area contributed by atoms with E-state index in [1.54, 1.807) is 23.9 Å². The number of rotatable bonds is 7. The fourth-order valence-corrected chi connectivity index (χ4v) is 3.77. The highest BCUT2D eigenvalue weighted by Crippen LogP contribution is 2.35. The Morgan fingerprint density at radius 2 is 1.94 bits per heavy atom. The van der Waals surface area contributed by atoms with Gasteiger partial charge in [0.1, 0.15) is 28.9 Å². The zero-order valence-electron chi connectivity index (χ0n) is 16.8. The van der Waals surface area contributed by atoms with Crippen LogP contribution in [0.4, 0.5) is 20.3 Å². The van der Waals surface area contributed by atoms with Gasteiger partial charge in [-0.2, -0.15) is 0 Å². The molecule has 0 unspecified atom stereocenters. The number of phenolic OH excluding ortho intramolecular Hbond substituents is 1. The van der Waals surface area contributed by atoms with Crippen LogP contribution in [0.25, 0.3) is 11.3 Å². The standard InChI is InChI=1S/C22H20F2N4O2S/c1-12(2)31-18-9-4-3-7-16(18)27-21(25)13-10-15(24)20(28-22(13)26-11-29)19-14(23)6-5-8-17(19)30/h3-12,30H,1-2H3,(H2,25,27)(H,26,28,29). The van der Waals surface area contributed by atoms with E-state index in [4.69, 9.17) is 5.73 Å². The summed E-state index contributed by atoms with van der Waals surface area (Å²) in [7, 11) is 0. The Balaban J connectivity index is 2.13. The molecule has 0 spiro atoms. The Bertz CT molecular complexity index is 1130. The number of amides is 1. The molecule has 0 fully saturated rings. The molecule has 0 saturated carbocycles. The Labute approximate surface area is 182 Å². The number of anilines is 1. The summed E-state index contributed by atoms with van der Waals surface area (Å²) in [5.41, 5.74) is 5.84. The second kappa shape index (κ2) is 9.57. The van der Waals surface area contributed by atoms with E-state index < -0.39 is 28.6 Å². The predicted molar refractivity (Wildman–Crippen MR) is 119 cm³/mol. The molecule has 0 aliphatic heterocycles. The van der Waals surface area contributed by atoms with Gasteiger partial charge in [-0.25, -0.2) is 18.8 Å². The minimum absolute atomic E-state index is 0.0218. The number of carbonyl (C=O) groups is 1. The highest BCUT2D eigenvalue weighted by molar-refractivity contribution is 8.00. The molecule has 0 aliphatic rings. The van der Waals surface area contributed by atoms with Gasteiger partial charge in [-0.1, -0.05) is 32.0 Å². The van der Waals surface area contributed by atoms with Gasteiger partial charge in [0.05, 0.1) is 16.8 Å². The second-order valence-electron chi connectivity index (χ2n) is 6.74. The average molecular weight is 442 g/mol. The molecule has 0 saturated heterocycles. The molecule has 9 heteroatoms. The summed E-state index contributed by atoms with van der Waals surface area (Å²) < 4.78 is 29.1. The monoisotopic (exact) mass is 442 g/mol. The van der Waals surface area contributed by atoms with Gasteiger partial charge in [-0.15, -0.1) is 11.8 Å². The average Bonchev–Trinajstić information content (AvgIpc) is 2.71. The molecule has 0 atom stereocenters. The number of halogens is 2. The molecule has 6 nitrogen and oxygen atoms in total. The number of aromatic nitrogens is 1. The number of aromatic hydroxyl groups is 1. The molecule has 0 radical (unpaired) electrons. The molecule has 2 aromatic carbocycles. The van der Waals surface area contributed by atoms with Crippen molar-refractivity contribution in [3.05, 3.63) is 65.7 Å². The van der Waals surface area contributed by atoms with Gasteiger partial charge in [-0.05, 0) is 30.3 Å². The summed E-state index contributed by atoms with van der Waals surface area (Å²) in [6.07, 6.45) is 0.338. The van der Waals surface area contributed by atoms with Gasteiger partial charge in [0.15, 0.2) is 5.82 Å². The van der Waals surface area contributed by atoms with Crippen molar-refractivity contribution in [2.75, 3.05) is 5.32 Å². The smallest absolute Gasteiger partial charge is 0.212 e. The molecular formula is C22H20F2N4O2S. The van der Waals surface area contributed by atoms with Crippen molar-refractivity contribution in [1.82, 2.24) is 4.98 Å². The first-order valence-corrected chi connectivity index (χ1v) is 10.2. The highest BCUT2D eigenvalue weighted by atomic mass is 32.2. The van der Waals surface area contributed by atoms with Gasteiger partial charge in [0.25, 0.3) is 0 Å². The third kappa shape index (κ3) is 5.00. The lowest BCUT2D eigenvalue weighted by Gasteiger charge is -2.13. The van der Waals surface area contributed by atoms with E-state index in [-0.39, 0.29) is 17.2 Å². The number of hydrogen-bond donors (Lipinski definition) is 3. The van der Waals surface area contributed by atoms with Crippen LogP contribution >= 0.6 is 11.8 Å². The third-order valence-electron chi connectivity index (χ3n) is 4.14. The van der Waals surface area contributed by atoms with Crippen molar-refractivity contribution in [2.45, 2.75) is 24.0 Å². The van der Waals surface area contributed by atoms with Crippen LogP contribution in [0.2, 0.25) is 0 Å². The van der Waals surface area contributed by atoms with Gasteiger partial charge in [0, 0.05) is 10.1 Å². The number of amidine groups is 1. The van der Waals surface area contributed by atoms with Crippen molar-refractivity contribution in [2.24, 2.45) is 10.7 Å². The van der Waals surface area contributed by atoms with E-state index in [1.165, 1.54) is 12.1 Å². The van der Waals surface area contributed by atoms with E-state index in [9.17, 15) is 18.7 Å². The van der Waals surface area contributed by atoms with Crippen molar-refractivity contribution in [1.29, 1.82) is 0 Å². The van der Waals surface area contributed by atoms with Gasteiger partial charge < -0.3 is 16.2 Å². The van der Waals surface area contributed by atoms with Crippen molar-refractivity contribution in [3.8, 4) is 17.0 Å². The number of nitrogens with zero attached hydrogens (tertiary/aromatic N) is 2. The number of nitrogens with two attached hydrogens (primary N) is 1. The zero-order chi connectivity index (χ0) is 22.5. The Morgan fingerprint density at radius 1 is 1.19 bits per heavy atom. The van der Waals surface area contributed by atoms with Crippen LogP contribution in [0.1, 0.15) is 19.4 Å². The van der Waals surface area contributed by atoms with E-state index in [0.29, 0.717) is 17.3 Å². The van der Waals surface area contributed by atoms with Gasteiger partial charge in [0.2, 0.25) is 6.41 Å². The minimum atomic E-state index is -0.935. The molecule has 4 N–H and O–H groups in total. The number of thioether (sulfide) groups is 1. The molecule has 3 aromatic rings. The SMILES string of the molecule is CC(C)Sc1ccccc1N=C(N)c1cc(F)c(-c2c(O)cccc2F)nc1NC=O. The molecule has 3 rings (SSSR count). The maximum absolute atomic E-state index is 14.9. The lowest BCUT2D eigenvalue weighted by atomic mass is 10.1. The number of phenols is 1. The minimum Gasteiger partial charge on any atom is -0.507 e. The Kier molecular flexibility index (Phi) is 6.86. The van der Waals surface area contributed by atoms with Crippen LogP contribution in [0, 0.1) is 11.6 Å². The van der Waals surface area contributed by atoms with Gasteiger partial charge >= 0.3 is 0 Å². The van der Waals surface area contributed by atoms with Crippen LogP contribution in [-0.2, 0) is 4.79 Å². The predicted octanol–water partition coefficient (Wildman–Crippen LogP) is 4.84. The largest absolute Gasteiger partial charge is 0.507 e. The maximum Gasteiger partial charge on any atom is 0.212 e. The number of para-hydroxylation sites is 1. The summed E-state index contributed by atoms with van der Waals surface area (Å²) in [6.45, 7) is 4.08. The molecule has 0 aliphatic carbocycles. The number of aliphatic imine (C=N–C) groups is 1. The van der Waals surface area contributed by atoms with Crippen LogP contribution in [0.3, 0.4) is 0 Å². The normalized spacial score (nSPS) is 11.6. The quantitative estimate of drug-likeness (QED) is 0.210. The van der Waals surface area contributed by atoms with E-state index in [1.807, 2.05) is 26.0 Å². The summed E-state index contributed by atoms with van der Waals surface area (Å²) >= 11 is 1.59. The van der Waals surface area contributed by atoms with Gasteiger partial charge in [-0.3, -0.25) is 4.79 Å². The zero-order valence-corrected chi connectivity index (χ0v) is 17.6. The maximum atomic E-state index is 14.9. The van der Waals surface area contributed by atoms with E-state index >= 15 is 0 Å². The van der Waals surface area contributed by atoms with Crippen molar-refractivity contribution in [3.63, 3.8) is 0 Å². The Morgan fingerprint density at radius 3 is 2.61 bits per heavy atom. The van der Waals surface area contributed by atoms with Crippen molar-refractivity contribution < 1.29 is 18.7 Å². The molecule has 160 valence electrons. The fourth-order valence-electron chi connectivity index (χ4n) is 2.87. The highest BCUT2D eigenvalue weighted by Gasteiger charge is 2.21. The first kappa shape index (κ1) is 22.2.